The lowest BCUT2D eigenvalue weighted by Gasteiger charge is -2.29. The zero-order valence-corrected chi connectivity index (χ0v) is 19.9. The molecule has 0 radical (unpaired) electrons. The average Bonchev–Trinajstić information content (AvgIpc) is 2.98. The molecule has 4 nitrogen and oxygen atoms in total. The lowest BCUT2D eigenvalue weighted by atomic mass is 9.88. The molecule has 166 valence electrons. The predicted octanol–water partition coefficient (Wildman–Crippen LogP) is 6.54. The van der Waals surface area contributed by atoms with E-state index < -0.39 is 0 Å². The molecule has 1 aliphatic heterocycles. The standard InChI is InChI=1S/C26H33NO3S/c1-5-7-14-26(15-8-6-2)18-31-23-17-20(25(28)30-4)22(29-3)16-21(23)24(27-26)19-12-10-9-11-13-19/h9-13,16-17H,5-8,14-15,18H2,1-4H3. The highest BCUT2D eigenvalue weighted by atomic mass is 32.2. The highest BCUT2D eigenvalue weighted by Gasteiger charge is 2.34. The topological polar surface area (TPSA) is 47.9 Å². The van der Waals surface area contributed by atoms with E-state index in [9.17, 15) is 4.79 Å². The molecule has 0 spiro atoms. The van der Waals surface area contributed by atoms with Gasteiger partial charge in [-0.05, 0) is 25.0 Å². The van der Waals surface area contributed by atoms with Gasteiger partial charge in [0.25, 0.3) is 0 Å². The molecule has 0 unspecified atom stereocenters. The zero-order valence-electron chi connectivity index (χ0n) is 19.1. The van der Waals surface area contributed by atoms with E-state index >= 15 is 0 Å². The maximum Gasteiger partial charge on any atom is 0.341 e. The first kappa shape index (κ1) is 23.4. The van der Waals surface area contributed by atoms with Gasteiger partial charge < -0.3 is 9.47 Å². The Bertz CT molecular complexity index is 916. The van der Waals surface area contributed by atoms with Crippen LogP contribution in [0.5, 0.6) is 5.75 Å². The molecule has 0 aliphatic carbocycles. The van der Waals surface area contributed by atoms with Crippen molar-refractivity contribution in [3.05, 3.63) is 59.2 Å². The molecule has 0 N–H and O–H groups in total. The van der Waals surface area contributed by atoms with E-state index in [1.54, 1.807) is 18.9 Å². The molecule has 2 aromatic carbocycles. The third-order valence-corrected chi connectivity index (χ3v) is 7.18. The number of ether oxygens (including phenoxy) is 2. The van der Waals surface area contributed by atoms with E-state index in [1.807, 2.05) is 18.2 Å². The second-order valence-electron chi connectivity index (χ2n) is 8.09. The molecule has 0 atom stereocenters. The predicted molar refractivity (Wildman–Crippen MR) is 129 cm³/mol. The van der Waals surface area contributed by atoms with Crippen molar-refractivity contribution in [2.24, 2.45) is 4.99 Å². The molecular weight excluding hydrogens is 406 g/mol. The number of unbranched alkanes of at least 4 members (excludes halogenated alkanes) is 2. The third-order valence-electron chi connectivity index (χ3n) is 5.85. The average molecular weight is 440 g/mol. The molecule has 0 saturated carbocycles. The highest BCUT2D eigenvalue weighted by Crippen LogP contribution is 2.41. The SMILES string of the molecule is CCCCC1(CCCC)CSc2cc(C(=O)OC)c(OC)cc2C(c2ccccc2)=N1. The summed E-state index contributed by atoms with van der Waals surface area (Å²) in [5.74, 6) is 1.04. The summed E-state index contributed by atoms with van der Waals surface area (Å²) < 4.78 is 10.6. The van der Waals surface area contributed by atoms with Gasteiger partial charge in [-0.3, -0.25) is 4.99 Å². The van der Waals surface area contributed by atoms with Gasteiger partial charge in [0.1, 0.15) is 11.3 Å². The summed E-state index contributed by atoms with van der Waals surface area (Å²) in [7, 11) is 2.99. The van der Waals surface area contributed by atoms with Crippen molar-refractivity contribution in [2.45, 2.75) is 62.8 Å². The molecule has 0 bridgehead atoms. The van der Waals surface area contributed by atoms with Gasteiger partial charge >= 0.3 is 5.97 Å². The molecule has 0 aromatic heterocycles. The number of benzene rings is 2. The number of fused-ring (bicyclic) bond motifs is 1. The van der Waals surface area contributed by atoms with Crippen LogP contribution in [-0.2, 0) is 4.74 Å². The second-order valence-corrected chi connectivity index (χ2v) is 9.10. The van der Waals surface area contributed by atoms with Crippen molar-refractivity contribution in [2.75, 3.05) is 20.0 Å². The molecule has 3 rings (SSSR count). The molecule has 0 amide bonds. The summed E-state index contributed by atoms with van der Waals surface area (Å²) >= 11 is 1.80. The van der Waals surface area contributed by atoms with Gasteiger partial charge in [-0.2, -0.15) is 0 Å². The number of methoxy groups -OCH3 is 2. The van der Waals surface area contributed by atoms with Gasteiger partial charge in [0.15, 0.2) is 0 Å². The Hall–Kier alpha value is -2.27. The summed E-state index contributed by atoms with van der Waals surface area (Å²) in [6, 6.07) is 14.2. The van der Waals surface area contributed by atoms with Crippen LogP contribution in [0.2, 0.25) is 0 Å². The first-order valence-electron chi connectivity index (χ1n) is 11.2. The van der Waals surface area contributed by atoms with Crippen LogP contribution in [0, 0.1) is 0 Å². The van der Waals surface area contributed by atoms with Crippen molar-refractivity contribution in [3.8, 4) is 5.75 Å². The number of aliphatic imine (C=N–C) groups is 1. The van der Waals surface area contributed by atoms with E-state index in [2.05, 4.69) is 38.1 Å². The van der Waals surface area contributed by atoms with Crippen LogP contribution in [0.4, 0.5) is 0 Å². The van der Waals surface area contributed by atoms with Gasteiger partial charge in [0.05, 0.1) is 25.5 Å². The number of esters is 1. The Labute approximate surface area is 190 Å². The van der Waals surface area contributed by atoms with Gasteiger partial charge in [0.2, 0.25) is 0 Å². The molecule has 0 fully saturated rings. The van der Waals surface area contributed by atoms with Crippen molar-refractivity contribution in [3.63, 3.8) is 0 Å². The maximum atomic E-state index is 12.4. The Morgan fingerprint density at radius 2 is 1.74 bits per heavy atom. The molecular formula is C26H33NO3S. The Morgan fingerprint density at radius 3 is 2.32 bits per heavy atom. The van der Waals surface area contributed by atoms with E-state index in [-0.39, 0.29) is 11.5 Å². The molecule has 2 aromatic rings. The Kier molecular flexibility index (Phi) is 8.19. The van der Waals surface area contributed by atoms with Gasteiger partial charge in [-0.1, -0.05) is 69.9 Å². The minimum absolute atomic E-state index is 0.112. The Balaban J connectivity index is 2.20. The van der Waals surface area contributed by atoms with Crippen LogP contribution < -0.4 is 4.74 Å². The monoisotopic (exact) mass is 439 g/mol. The Morgan fingerprint density at radius 1 is 1.06 bits per heavy atom. The van der Waals surface area contributed by atoms with Gasteiger partial charge in [-0.15, -0.1) is 11.8 Å². The number of carbonyl (C=O) groups is 1. The van der Waals surface area contributed by atoms with Crippen LogP contribution in [0.15, 0.2) is 52.4 Å². The smallest absolute Gasteiger partial charge is 0.341 e. The number of hydrogen-bond acceptors (Lipinski definition) is 5. The highest BCUT2D eigenvalue weighted by molar-refractivity contribution is 7.99. The molecule has 5 heteroatoms. The maximum absolute atomic E-state index is 12.4. The number of carbonyl (C=O) groups excluding carboxylic acids is 1. The number of hydrogen-bond donors (Lipinski definition) is 0. The zero-order chi connectivity index (χ0) is 22.3. The summed E-state index contributed by atoms with van der Waals surface area (Å²) in [5.41, 5.74) is 3.45. The fourth-order valence-corrected chi connectivity index (χ4v) is 5.34. The minimum atomic E-state index is -0.383. The summed E-state index contributed by atoms with van der Waals surface area (Å²) in [5, 5.41) is 0. The fraction of sp³-hybridized carbons (Fsp3) is 0.462. The van der Waals surface area contributed by atoms with Crippen LogP contribution in [-0.4, -0.2) is 37.2 Å². The number of rotatable bonds is 9. The first-order chi connectivity index (χ1) is 15.1. The quantitative estimate of drug-likeness (QED) is 0.416. The summed E-state index contributed by atoms with van der Waals surface area (Å²) in [6.45, 7) is 4.48. The lowest BCUT2D eigenvalue weighted by molar-refractivity contribution is 0.0596. The van der Waals surface area contributed by atoms with Crippen LogP contribution in [0.1, 0.15) is 73.9 Å². The number of nitrogens with zero attached hydrogens (tertiary/aromatic N) is 1. The first-order valence-corrected chi connectivity index (χ1v) is 12.1. The summed E-state index contributed by atoms with van der Waals surface area (Å²) in [6.07, 6.45) is 6.76. The van der Waals surface area contributed by atoms with Crippen LogP contribution in [0.3, 0.4) is 0 Å². The third kappa shape index (κ3) is 5.32. The van der Waals surface area contributed by atoms with E-state index in [0.717, 1.165) is 66.0 Å². The van der Waals surface area contributed by atoms with E-state index in [4.69, 9.17) is 14.5 Å². The fourth-order valence-electron chi connectivity index (χ4n) is 4.05. The van der Waals surface area contributed by atoms with Crippen molar-refractivity contribution in [1.29, 1.82) is 0 Å². The lowest BCUT2D eigenvalue weighted by Crippen LogP contribution is -2.31. The van der Waals surface area contributed by atoms with Gasteiger partial charge in [-0.25, -0.2) is 4.79 Å². The molecule has 31 heavy (non-hydrogen) atoms. The van der Waals surface area contributed by atoms with Crippen molar-refractivity contribution < 1.29 is 14.3 Å². The molecule has 0 saturated heterocycles. The van der Waals surface area contributed by atoms with E-state index in [0.29, 0.717) is 11.3 Å². The van der Waals surface area contributed by atoms with Crippen molar-refractivity contribution in [1.82, 2.24) is 0 Å². The largest absolute Gasteiger partial charge is 0.496 e. The molecule has 1 heterocycles. The number of thioether (sulfide) groups is 1. The van der Waals surface area contributed by atoms with Crippen LogP contribution in [0.25, 0.3) is 0 Å². The normalized spacial score (nSPS) is 14.9. The van der Waals surface area contributed by atoms with Crippen molar-refractivity contribution >= 4 is 23.4 Å². The minimum Gasteiger partial charge on any atom is -0.496 e. The summed E-state index contributed by atoms with van der Waals surface area (Å²) in [4.78, 5) is 18.9. The molecule has 1 aliphatic rings. The van der Waals surface area contributed by atoms with E-state index in [1.165, 1.54) is 7.11 Å². The van der Waals surface area contributed by atoms with Crippen LogP contribution >= 0.6 is 11.8 Å². The van der Waals surface area contributed by atoms with Gasteiger partial charge in [0, 0.05) is 21.8 Å². The second kappa shape index (κ2) is 10.9.